The molecule has 0 heterocycles. The normalized spacial score (nSPS) is 12.8. The van der Waals surface area contributed by atoms with Crippen LogP contribution in [0, 0.1) is 5.92 Å². The lowest BCUT2D eigenvalue weighted by Gasteiger charge is -2.05. The zero-order valence-corrected chi connectivity index (χ0v) is 9.08. The number of ether oxygens (including phenoxy) is 1. The maximum absolute atomic E-state index is 11.1. The Bertz CT molecular complexity index is 219. The molecule has 0 saturated carbocycles. The third-order valence-electron chi connectivity index (χ3n) is 1.95. The highest BCUT2D eigenvalue weighted by molar-refractivity contribution is 5.99. The zero-order valence-electron chi connectivity index (χ0n) is 9.08. The average Bonchev–Trinajstić information content (AvgIpc) is 2.16. The van der Waals surface area contributed by atoms with Crippen LogP contribution in [0.25, 0.3) is 0 Å². The molecule has 0 N–H and O–H groups in total. The number of methoxy groups -OCH3 is 1. The fraction of sp³-hybridized carbons (Fsp3) is 0.636. The summed E-state index contributed by atoms with van der Waals surface area (Å²) in [6.45, 7) is 3.49. The molecule has 1 atom stereocenters. The molecule has 0 bridgehead atoms. The summed E-state index contributed by atoms with van der Waals surface area (Å²) in [7, 11) is 1.29. The van der Waals surface area contributed by atoms with Crippen LogP contribution in [0.3, 0.4) is 0 Å². The Morgan fingerprint density at radius 2 is 2.07 bits per heavy atom. The second-order valence-electron chi connectivity index (χ2n) is 3.18. The molecule has 14 heavy (non-hydrogen) atoms. The van der Waals surface area contributed by atoms with Crippen molar-refractivity contribution in [3.05, 3.63) is 12.2 Å². The Balaban J connectivity index is 4.16. The molecule has 0 rings (SSSR count). The standard InChI is InChI=1S/C11H18O3/c1-4-5-6-7-8-10(9(2)12)11(13)14-3/h7-8,10H,4-6H2,1-3H3/b8-7+. The molecule has 3 nitrogen and oxygen atoms in total. The third kappa shape index (κ3) is 4.80. The molecular weight excluding hydrogens is 180 g/mol. The number of hydrogen-bond acceptors (Lipinski definition) is 3. The van der Waals surface area contributed by atoms with Gasteiger partial charge in [0.25, 0.3) is 0 Å². The van der Waals surface area contributed by atoms with Gasteiger partial charge in [0.1, 0.15) is 11.7 Å². The topological polar surface area (TPSA) is 43.4 Å². The Labute approximate surface area is 85.1 Å². The van der Waals surface area contributed by atoms with Crippen LogP contribution >= 0.6 is 0 Å². The van der Waals surface area contributed by atoms with E-state index in [1.54, 1.807) is 6.08 Å². The highest BCUT2D eigenvalue weighted by Crippen LogP contribution is 2.05. The number of allylic oxidation sites excluding steroid dienone is 1. The van der Waals surface area contributed by atoms with Crippen molar-refractivity contribution in [2.45, 2.75) is 33.1 Å². The van der Waals surface area contributed by atoms with Gasteiger partial charge in [-0.1, -0.05) is 31.9 Å². The molecule has 0 fully saturated rings. The van der Waals surface area contributed by atoms with Crippen LogP contribution in [0.2, 0.25) is 0 Å². The molecule has 0 saturated heterocycles. The minimum atomic E-state index is -0.725. The van der Waals surface area contributed by atoms with Crippen LogP contribution in [-0.2, 0) is 14.3 Å². The molecule has 0 aromatic carbocycles. The molecule has 0 radical (unpaired) electrons. The first kappa shape index (κ1) is 12.9. The third-order valence-corrected chi connectivity index (χ3v) is 1.95. The van der Waals surface area contributed by atoms with Crippen LogP contribution in [0.15, 0.2) is 12.2 Å². The zero-order chi connectivity index (χ0) is 11.0. The molecule has 0 aliphatic heterocycles. The molecule has 0 aromatic heterocycles. The molecule has 80 valence electrons. The Kier molecular flexibility index (Phi) is 6.72. The smallest absolute Gasteiger partial charge is 0.320 e. The highest BCUT2D eigenvalue weighted by Gasteiger charge is 2.20. The molecule has 0 aliphatic rings. The predicted octanol–water partition coefficient (Wildman–Crippen LogP) is 2.11. The van der Waals surface area contributed by atoms with Crippen molar-refractivity contribution in [1.82, 2.24) is 0 Å². The van der Waals surface area contributed by atoms with Crippen molar-refractivity contribution < 1.29 is 14.3 Å². The predicted molar refractivity (Wildman–Crippen MR) is 54.9 cm³/mol. The van der Waals surface area contributed by atoms with Gasteiger partial charge in [0.15, 0.2) is 0 Å². The molecule has 0 aliphatic carbocycles. The van der Waals surface area contributed by atoms with Gasteiger partial charge >= 0.3 is 5.97 Å². The minimum Gasteiger partial charge on any atom is -0.468 e. The first-order valence-corrected chi connectivity index (χ1v) is 4.88. The number of carbonyl (C=O) groups is 2. The Hall–Kier alpha value is -1.12. The van der Waals surface area contributed by atoms with Crippen LogP contribution in [0.1, 0.15) is 33.1 Å². The van der Waals surface area contributed by atoms with Gasteiger partial charge in [-0.15, -0.1) is 0 Å². The number of esters is 1. The lowest BCUT2D eigenvalue weighted by Crippen LogP contribution is -2.20. The summed E-state index contributed by atoms with van der Waals surface area (Å²) in [6, 6.07) is 0. The maximum atomic E-state index is 11.1. The van der Waals surface area contributed by atoms with Crippen LogP contribution in [-0.4, -0.2) is 18.9 Å². The molecular formula is C11H18O3. The van der Waals surface area contributed by atoms with E-state index in [2.05, 4.69) is 11.7 Å². The molecule has 0 spiro atoms. The van der Waals surface area contributed by atoms with Crippen molar-refractivity contribution in [1.29, 1.82) is 0 Å². The second kappa shape index (κ2) is 7.30. The largest absolute Gasteiger partial charge is 0.468 e. The van der Waals surface area contributed by atoms with Crippen molar-refractivity contribution in [2.75, 3.05) is 7.11 Å². The first-order valence-electron chi connectivity index (χ1n) is 4.88. The minimum absolute atomic E-state index is 0.176. The Morgan fingerprint density at radius 3 is 2.50 bits per heavy atom. The monoisotopic (exact) mass is 198 g/mol. The van der Waals surface area contributed by atoms with Gasteiger partial charge in [-0.25, -0.2) is 0 Å². The number of rotatable bonds is 6. The highest BCUT2D eigenvalue weighted by atomic mass is 16.5. The fourth-order valence-electron chi connectivity index (χ4n) is 1.06. The van der Waals surface area contributed by atoms with Gasteiger partial charge in [-0.3, -0.25) is 9.59 Å². The summed E-state index contributed by atoms with van der Waals surface area (Å²) in [6.07, 6.45) is 6.57. The lowest BCUT2D eigenvalue weighted by atomic mass is 10.0. The molecule has 3 heteroatoms. The van der Waals surface area contributed by atoms with E-state index in [1.807, 2.05) is 6.08 Å². The van der Waals surface area contributed by atoms with Crippen molar-refractivity contribution in [2.24, 2.45) is 5.92 Å². The number of carbonyl (C=O) groups excluding carboxylic acids is 2. The van der Waals surface area contributed by atoms with E-state index in [0.717, 1.165) is 19.3 Å². The summed E-state index contributed by atoms with van der Waals surface area (Å²) < 4.78 is 4.52. The van der Waals surface area contributed by atoms with Crippen molar-refractivity contribution in [3.8, 4) is 0 Å². The van der Waals surface area contributed by atoms with E-state index in [-0.39, 0.29) is 5.78 Å². The average molecular weight is 198 g/mol. The van der Waals surface area contributed by atoms with Crippen LogP contribution < -0.4 is 0 Å². The summed E-state index contributed by atoms with van der Waals surface area (Å²) in [5.74, 6) is -1.38. The number of Topliss-reactive ketones (excluding diaryl/α,β-unsaturated/α-hetero) is 1. The SMILES string of the molecule is CCCC/C=C/C(C(C)=O)C(=O)OC. The molecule has 1 unspecified atom stereocenters. The van der Waals surface area contributed by atoms with Gasteiger partial charge in [-0.05, 0) is 13.3 Å². The van der Waals surface area contributed by atoms with Gasteiger partial charge in [0.2, 0.25) is 0 Å². The van der Waals surface area contributed by atoms with Gasteiger partial charge in [0.05, 0.1) is 7.11 Å². The summed E-state index contributed by atoms with van der Waals surface area (Å²) in [4.78, 5) is 22.2. The second-order valence-corrected chi connectivity index (χ2v) is 3.18. The van der Waals surface area contributed by atoms with Gasteiger partial charge in [-0.2, -0.15) is 0 Å². The molecule has 0 amide bonds. The van der Waals surface area contributed by atoms with Gasteiger partial charge < -0.3 is 4.74 Å². The van der Waals surface area contributed by atoms with E-state index in [9.17, 15) is 9.59 Å². The summed E-state index contributed by atoms with van der Waals surface area (Å²) >= 11 is 0. The van der Waals surface area contributed by atoms with Crippen LogP contribution in [0.5, 0.6) is 0 Å². The van der Waals surface area contributed by atoms with Crippen molar-refractivity contribution in [3.63, 3.8) is 0 Å². The van der Waals surface area contributed by atoms with Gasteiger partial charge in [0, 0.05) is 0 Å². The Morgan fingerprint density at radius 1 is 1.43 bits per heavy atom. The lowest BCUT2D eigenvalue weighted by molar-refractivity contribution is -0.146. The van der Waals surface area contributed by atoms with E-state index in [4.69, 9.17) is 0 Å². The maximum Gasteiger partial charge on any atom is 0.320 e. The fourth-order valence-corrected chi connectivity index (χ4v) is 1.06. The summed E-state index contributed by atoms with van der Waals surface area (Å²) in [5, 5.41) is 0. The van der Waals surface area contributed by atoms with E-state index in [1.165, 1.54) is 14.0 Å². The van der Waals surface area contributed by atoms with Crippen LogP contribution in [0.4, 0.5) is 0 Å². The number of ketones is 1. The number of unbranched alkanes of at least 4 members (excludes halogenated alkanes) is 2. The van der Waals surface area contributed by atoms with E-state index >= 15 is 0 Å². The van der Waals surface area contributed by atoms with Crippen molar-refractivity contribution >= 4 is 11.8 Å². The quantitative estimate of drug-likeness (QED) is 0.284. The summed E-state index contributed by atoms with van der Waals surface area (Å²) in [5.41, 5.74) is 0. The number of hydrogen-bond donors (Lipinski definition) is 0. The molecule has 0 aromatic rings. The first-order chi connectivity index (χ1) is 6.63. The van der Waals surface area contributed by atoms with E-state index < -0.39 is 11.9 Å². The van der Waals surface area contributed by atoms with E-state index in [0.29, 0.717) is 0 Å².